The number of hydrazone groups is 1. The third-order valence-electron chi connectivity index (χ3n) is 3.10. The van der Waals surface area contributed by atoms with Crippen LogP contribution in [0.5, 0.6) is 0 Å². The summed E-state index contributed by atoms with van der Waals surface area (Å²) in [7, 11) is 0. The first-order valence-corrected chi connectivity index (χ1v) is 6.34. The Morgan fingerprint density at radius 2 is 2.00 bits per heavy atom. The molecular formula is C15H13N5O. The van der Waals surface area contributed by atoms with Gasteiger partial charge in [0.05, 0.1) is 12.4 Å². The van der Waals surface area contributed by atoms with Crippen molar-refractivity contribution >= 4 is 28.7 Å². The molecule has 0 aliphatic rings. The summed E-state index contributed by atoms with van der Waals surface area (Å²) in [4.78, 5) is 12.1. The predicted molar refractivity (Wildman–Crippen MR) is 82.3 cm³/mol. The zero-order chi connectivity index (χ0) is 14.7. The lowest BCUT2D eigenvalue weighted by molar-refractivity contribution is 0.102. The van der Waals surface area contributed by atoms with Crippen molar-refractivity contribution in [2.75, 3.05) is 5.32 Å². The monoisotopic (exact) mass is 279 g/mol. The minimum atomic E-state index is -0.186. The van der Waals surface area contributed by atoms with Crippen molar-refractivity contribution in [3.8, 4) is 0 Å². The summed E-state index contributed by atoms with van der Waals surface area (Å²) >= 11 is 0. The number of rotatable bonds is 3. The van der Waals surface area contributed by atoms with Crippen molar-refractivity contribution < 1.29 is 4.79 Å². The minimum Gasteiger partial charge on any atom is -0.323 e. The molecule has 0 spiro atoms. The molecule has 4 N–H and O–H groups in total. The fourth-order valence-electron chi connectivity index (χ4n) is 2.09. The molecule has 0 unspecified atom stereocenters. The predicted octanol–water partition coefficient (Wildman–Crippen LogP) is 2.11. The zero-order valence-electron chi connectivity index (χ0n) is 11.1. The van der Waals surface area contributed by atoms with E-state index in [0.29, 0.717) is 11.4 Å². The van der Waals surface area contributed by atoms with E-state index < -0.39 is 0 Å². The van der Waals surface area contributed by atoms with Crippen LogP contribution in [0, 0.1) is 0 Å². The summed E-state index contributed by atoms with van der Waals surface area (Å²) in [5.41, 5.74) is 1.50. The van der Waals surface area contributed by atoms with Crippen LogP contribution in [-0.2, 0) is 0 Å². The third kappa shape index (κ3) is 2.74. The molecule has 3 rings (SSSR count). The highest BCUT2D eigenvalue weighted by Gasteiger charge is 2.07. The van der Waals surface area contributed by atoms with Gasteiger partial charge >= 0.3 is 0 Å². The van der Waals surface area contributed by atoms with Gasteiger partial charge in [-0.1, -0.05) is 18.2 Å². The van der Waals surface area contributed by atoms with E-state index in [9.17, 15) is 4.79 Å². The number of aromatic amines is 1. The number of anilines is 1. The number of nitrogens with two attached hydrogens (primary N) is 1. The van der Waals surface area contributed by atoms with Gasteiger partial charge in [-0.15, -0.1) is 0 Å². The fourth-order valence-corrected chi connectivity index (χ4v) is 2.09. The Kier molecular flexibility index (Phi) is 3.34. The molecular weight excluding hydrogens is 266 g/mol. The smallest absolute Gasteiger partial charge is 0.256 e. The number of aromatic nitrogens is 2. The van der Waals surface area contributed by atoms with Crippen molar-refractivity contribution in [3.63, 3.8) is 0 Å². The molecule has 21 heavy (non-hydrogen) atoms. The average molecular weight is 279 g/mol. The Morgan fingerprint density at radius 3 is 2.76 bits per heavy atom. The number of amides is 1. The summed E-state index contributed by atoms with van der Waals surface area (Å²) < 4.78 is 0. The highest BCUT2D eigenvalue weighted by Crippen LogP contribution is 2.18. The molecule has 2 aromatic carbocycles. The second-order valence-corrected chi connectivity index (χ2v) is 4.52. The van der Waals surface area contributed by atoms with Crippen molar-refractivity contribution in [1.29, 1.82) is 0 Å². The second-order valence-electron chi connectivity index (χ2n) is 4.52. The van der Waals surface area contributed by atoms with Crippen LogP contribution in [0.15, 0.2) is 53.8 Å². The molecule has 0 aliphatic heterocycles. The normalized spacial score (nSPS) is 11.0. The Balaban J connectivity index is 1.90. The molecule has 0 saturated heterocycles. The largest absolute Gasteiger partial charge is 0.323 e. The summed E-state index contributed by atoms with van der Waals surface area (Å²) in [5, 5.41) is 14.7. The Bertz CT molecular complexity index is 808. The summed E-state index contributed by atoms with van der Waals surface area (Å²) in [5.74, 6) is 5.52. The Labute approximate surface area is 120 Å². The first-order valence-electron chi connectivity index (χ1n) is 6.34. The lowest BCUT2D eigenvalue weighted by Gasteiger charge is -2.05. The molecule has 6 nitrogen and oxygen atoms in total. The summed E-state index contributed by atoms with van der Waals surface area (Å²) in [6.07, 6.45) is 3.16. The fraction of sp³-hybridized carbons (Fsp3) is 0. The molecule has 0 bridgehead atoms. The maximum absolute atomic E-state index is 12.1. The minimum absolute atomic E-state index is 0.186. The van der Waals surface area contributed by atoms with Gasteiger partial charge in [0.25, 0.3) is 5.91 Å². The SMILES string of the molecule is NN=Cc1ccc2cc(C(=O)Nc3ccn[nH]3)ccc2c1. The van der Waals surface area contributed by atoms with Gasteiger partial charge in [-0.3, -0.25) is 9.89 Å². The molecule has 3 aromatic rings. The van der Waals surface area contributed by atoms with Crippen LogP contribution in [0.25, 0.3) is 10.8 Å². The summed E-state index contributed by atoms with van der Waals surface area (Å²) in [6, 6.07) is 13.0. The van der Waals surface area contributed by atoms with E-state index in [4.69, 9.17) is 5.84 Å². The number of carbonyl (C=O) groups excluding carboxylic acids is 1. The van der Waals surface area contributed by atoms with E-state index in [-0.39, 0.29) is 5.91 Å². The average Bonchev–Trinajstić information content (AvgIpc) is 3.00. The van der Waals surface area contributed by atoms with Gasteiger partial charge < -0.3 is 11.2 Å². The van der Waals surface area contributed by atoms with Crippen molar-refractivity contribution in [3.05, 3.63) is 59.8 Å². The number of nitrogens with zero attached hydrogens (tertiary/aromatic N) is 2. The van der Waals surface area contributed by atoms with E-state index in [1.807, 2.05) is 30.3 Å². The van der Waals surface area contributed by atoms with Crippen molar-refractivity contribution in [2.24, 2.45) is 10.9 Å². The quantitative estimate of drug-likeness (QED) is 0.389. The molecule has 0 atom stereocenters. The molecule has 104 valence electrons. The van der Waals surface area contributed by atoms with E-state index in [1.54, 1.807) is 24.5 Å². The van der Waals surface area contributed by atoms with E-state index in [2.05, 4.69) is 20.6 Å². The Morgan fingerprint density at radius 1 is 1.19 bits per heavy atom. The number of carbonyl (C=O) groups is 1. The van der Waals surface area contributed by atoms with E-state index >= 15 is 0 Å². The molecule has 0 aliphatic carbocycles. The first-order chi connectivity index (χ1) is 10.3. The van der Waals surface area contributed by atoms with Crippen LogP contribution in [0.1, 0.15) is 15.9 Å². The number of H-pyrrole nitrogens is 1. The topological polar surface area (TPSA) is 96.2 Å². The number of hydrogen-bond donors (Lipinski definition) is 3. The van der Waals surface area contributed by atoms with Gasteiger partial charge in [-0.2, -0.15) is 10.2 Å². The lowest BCUT2D eigenvalue weighted by atomic mass is 10.0. The van der Waals surface area contributed by atoms with Crippen molar-refractivity contribution in [1.82, 2.24) is 10.2 Å². The highest BCUT2D eigenvalue weighted by molar-refractivity contribution is 6.06. The first kappa shape index (κ1) is 12.9. The molecule has 0 fully saturated rings. The molecule has 0 saturated carbocycles. The van der Waals surface area contributed by atoms with Crippen LogP contribution in [0.2, 0.25) is 0 Å². The molecule has 1 amide bonds. The maximum atomic E-state index is 12.1. The van der Waals surface area contributed by atoms with E-state index in [1.165, 1.54) is 0 Å². The van der Waals surface area contributed by atoms with Crippen molar-refractivity contribution in [2.45, 2.75) is 0 Å². The van der Waals surface area contributed by atoms with Crippen LogP contribution >= 0.6 is 0 Å². The highest BCUT2D eigenvalue weighted by atomic mass is 16.1. The lowest BCUT2D eigenvalue weighted by Crippen LogP contribution is -2.12. The molecule has 0 radical (unpaired) electrons. The van der Waals surface area contributed by atoms with Gasteiger partial charge in [0.1, 0.15) is 5.82 Å². The molecule has 1 aromatic heterocycles. The molecule has 6 heteroatoms. The molecule has 1 heterocycles. The van der Waals surface area contributed by atoms with Gasteiger partial charge in [-0.25, -0.2) is 0 Å². The number of nitrogens with one attached hydrogen (secondary N) is 2. The van der Waals surface area contributed by atoms with Crippen LogP contribution in [-0.4, -0.2) is 22.3 Å². The van der Waals surface area contributed by atoms with Gasteiger partial charge in [0.15, 0.2) is 0 Å². The van der Waals surface area contributed by atoms with Gasteiger partial charge in [0, 0.05) is 11.6 Å². The van der Waals surface area contributed by atoms with Gasteiger partial charge in [0.2, 0.25) is 0 Å². The number of benzene rings is 2. The second kappa shape index (κ2) is 5.46. The summed E-state index contributed by atoms with van der Waals surface area (Å²) in [6.45, 7) is 0. The van der Waals surface area contributed by atoms with Crippen LogP contribution in [0.3, 0.4) is 0 Å². The standard InChI is InChI=1S/C15H13N5O/c16-17-9-10-1-2-12-8-13(4-3-11(12)7-10)15(21)19-14-5-6-18-20-14/h1-9H,16H2,(H2,18,19,20,21). The van der Waals surface area contributed by atoms with Crippen LogP contribution in [0.4, 0.5) is 5.82 Å². The van der Waals surface area contributed by atoms with E-state index in [0.717, 1.165) is 16.3 Å². The Hall–Kier alpha value is -3.15. The number of hydrogen-bond acceptors (Lipinski definition) is 4. The maximum Gasteiger partial charge on any atom is 0.256 e. The van der Waals surface area contributed by atoms with Gasteiger partial charge in [-0.05, 0) is 34.5 Å². The third-order valence-corrected chi connectivity index (χ3v) is 3.10. The number of fused-ring (bicyclic) bond motifs is 1. The van der Waals surface area contributed by atoms with Crippen LogP contribution < -0.4 is 11.2 Å². The zero-order valence-corrected chi connectivity index (χ0v) is 11.1.